The maximum absolute atomic E-state index is 5.94. The van der Waals surface area contributed by atoms with E-state index in [1.54, 1.807) is 18.3 Å². The highest BCUT2D eigenvalue weighted by Gasteiger charge is 2.07. The van der Waals surface area contributed by atoms with Gasteiger partial charge in [-0.2, -0.15) is 0 Å². The average molecular weight is 256 g/mol. The summed E-state index contributed by atoms with van der Waals surface area (Å²) in [6.07, 6.45) is 1.73. The Labute approximate surface area is 104 Å². The average Bonchev–Trinajstić information content (AvgIpc) is 2.71. The van der Waals surface area contributed by atoms with Crippen LogP contribution in [0.4, 0.5) is 0 Å². The van der Waals surface area contributed by atoms with Crippen LogP contribution in [0.15, 0.2) is 24.4 Å². The molecule has 1 aromatic carbocycles. The number of benzene rings is 1. The van der Waals surface area contributed by atoms with Gasteiger partial charge in [0.2, 0.25) is 0 Å². The van der Waals surface area contributed by atoms with Gasteiger partial charge in [0.15, 0.2) is 0 Å². The molecule has 1 atom stereocenters. The topological polar surface area (TPSA) is 54.7 Å². The zero-order valence-electron chi connectivity index (χ0n) is 8.67. The molecule has 0 saturated heterocycles. The van der Waals surface area contributed by atoms with Crippen LogP contribution in [0, 0.1) is 0 Å². The third-order valence-corrected chi connectivity index (χ3v) is 3.00. The van der Waals surface area contributed by atoms with E-state index in [1.165, 1.54) is 0 Å². The number of H-pyrrole nitrogens is 1. The number of hydrogen-bond donors (Lipinski definition) is 2. The van der Waals surface area contributed by atoms with Crippen molar-refractivity contribution in [2.75, 3.05) is 0 Å². The minimum atomic E-state index is -0.114. The Kier molecular flexibility index (Phi) is 3.19. The molecule has 0 aliphatic carbocycles. The predicted octanol–water partition coefficient (Wildman–Crippen LogP) is 3.40. The van der Waals surface area contributed by atoms with Crippen LogP contribution < -0.4 is 5.73 Å². The first-order valence-corrected chi connectivity index (χ1v) is 5.59. The summed E-state index contributed by atoms with van der Waals surface area (Å²) >= 11 is 11.8. The van der Waals surface area contributed by atoms with Crippen molar-refractivity contribution < 1.29 is 0 Å². The number of nitrogens with one attached hydrogen (secondary N) is 1. The van der Waals surface area contributed by atoms with Crippen LogP contribution in [0.1, 0.15) is 18.8 Å². The summed E-state index contributed by atoms with van der Waals surface area (Å²) < 4.78 is 0. The molecule has 5 heteroatoms. The maximum Gasteiger partial charge on any atom is 0.123 e. The number of nitrogens with zero attached hydrogens (tertiary/aromatic N) is 1. The number of aromatic amines is 1. The van der Waals surface area contributed by atoms with Crippen molar-refractivity contribution in [1.29, 1.82) is 0 Å². The van der Waals surface area contributed by atoms with E-state index in [-0.39, 0.29) is 6.04 Å². The summed E-state index contributed by atoms with van der Waals surface area (Å²) in [6.45, 7) is 1.87. The lowest BCUT2D eigenvalue weighted by molar-refractivity contribution is 0.756. The molecule has 0 spiro atoms. The second-order valence-electron chi connectivity index (χ2n) is 3.60. The molecule has 3 nitrogen and oxygen atoms in total. The highest BCUT2D eigenvalue weighted by molar-refractivity contribution is 6.42. The fourth-order valence-corrected chi connectivity index (χ4v) is 1.68. The van der Waals surface area contributed by atoms with Gasteiger partial charge in [-0.25, -0.2) is 4.98 Å². The smallest absolute Gasteiger partial charge is 0.123 e. The first kappa shape index (κ1) is 11.5. The molecule has 0 aliphatic heterocycles. The van der Waals surface area contributed by atoms with Crippen molar-refractivity contribution in [2.24, 2.45) is 5.73 Å². The molecule has 3 N–H and O–H groups in total. The second kappa shape index (κ2) is 4.45. The molecule has 0 radical (unpaired) electrons. The number of aromatic nitrogens is 2. The van der Waals surface area contributed by atoms with Crippen molar-refractivity contribution in [3.63, 3.8) is 0 Å². The Morgan fingerprint density at radius 2 is 2.06 bits per heavy atom. The van der Waals surface area contributed by atoms with Crippen LogP contribution in [-0.2, 0) is 0 Å². The highest BCUT2D eigenvalue weighted by Crippen LogP contribution is 2.27. The second-order valence-corrected chi connectivity index (χ2v) is 4.41. The van der Waals surface area contributed by atoms with Crippen molar-refractivity contribution in [3.05, 3.63) is 40.3 Å². The quantitative estimate of drug-likeness (QED) is 0.865. The minimum absolute atomic E-state index is 0.114. The van der Waals surface area contributed by atoms with Gasteiger partial charge in [-0.15, -0.1) is 0 Å². The van der Waals surface area contributed by atoms with Crippen LogP contribution in [0.2, 0.25) is 10.0 Å². The standard InChI is InChI=1S/C11H11Cl2N3/c1-6(14)11-15-5-10(16-11)7-2-3-8(12)9(13)4-7/h2-6H,14H2,1H3,(H,15,16)/t6-/m0/s1. The van der Waals surface area contributed by atoms with E-state index < -0.39 is 0 Å². The molecule has 16 heavy (non-hydrogen) atoms. The first-order chi connectivity index (χ1) is 7.58. The number of halogens is 2. The normalized spacial score (nSPS) is 12.8. The van der Waals surface area contributed by atoms with E-state index in [1.807, 2.05) is 13.0 Å². The molecule has 2 aromatic rings. The van der Waals surface area contributed by atoms with E-state index in [2.05, 4.69) is 9.97 Å². The van der Waals surface area contributed by atoms with Gasteiger partial charge in [0.1, 0.15) is 5.82 Å². The molecule has 0 bridgehead atoms. The van der Waals surface area contributed by atoms with Gasteiger partial charge in [0.05, 0.1) is 28.0 Å². The van der Waals surface area contributed by atoms with Gasteiger partial charge < -0.3 is 10.7 Å². The Morgan fingerprint density at radius 1 is 1.31 bits per heavy atom. The van der Waals surface area contributed by atoms with E-state index in [0.717, 1.165) is 17.1 Å². The number of rotatable bonds is 2. The van der Waals surface area contributed by atoms with E-state index in [0.29, 0.717) is 10.0 Å². The van der Waals surface area contributed by atoms with Crippen LogP contribution in [0.3, 0.4) is 0 Å². The third-order valence-electron chi connectivity index (χ3n) is 2.26. The first-order valence-electron chi connectivity index (χ1n) is 4.84. The lowest BCUT2D eigenvalue weighted by Gasteiger charge is -2.01. The molecule has 84 valence electrons. The molecule has 0 fully saturated rings. The van der Waals surface area contributed by atoms with Crippen LogP contribution in [0.5, 0.6) is 0 Å². The molecule has 0 amide bonds. The number of nitrogens with two attached hydrogens (primary N) is 1. The Morgan fingerprint density at radius 3 is 2.62 bits per heavy atom. The molecule has 2 rings (SSSR count). The Bertz CT molecular complexity index is 506. The number of imidazole rings is 1. The lowest BCUT2D eigenvalue weighted by Crippen LogP contribution is -2.06. The Hall–Kier alpha value is -1.03. The molecular weight excluding hydrogens is 245 g/mol. The van der Waals surface area contributed by atoms with E-state index >= 15 is 0 Å². The summed E-state index contributed by atoms with van der Waals surface area (Å²) in [5.74, 6) is 0.751. The van der Waals surface area contributed by atoms with Gasteiger partial charge in [0.25, 0.3) is 0 Å². The minimum Gasteiger partial charge on any atom is -0.341 e. The zero-order chi connectivity index (χ0) is 11.7. The monoisotopic (exact) mass is 255 g/mol. The van der Waals surface area contributed by atoms with E-state index in [4.69, 9.17) is 28.9 Å². The largest absolute Gasteiger partial charge is 0.341 e. The van der Waals surface area contributed by atoms with Gasteiger partial charge in [-0.3, -0.25) is 0 Å². The molecule has 0 unspecified atom stereocenters. The van der Waals surface area contributed by atoms with E-state index in [9.17, 15) is 0 Å². The summed E-state index contributed by atoms with van der Waals surface area (Å²) in [7, 11) is 0. The van der Waals surface area contributed by atoms with Gasteiger partial charge >= 0.3 is 0 Å². The summed E-state index contributed by atoms with van der Waals surface area (Å²) in [6, 6.07) is 5.32. The molecule has 0 aliphatic rings. The molecule has 1 heterocycles. The summed E-state index contributed by atoms with van der Waals surface area (Å²) in [5.41, 5.74) is 7.54. The number of hydrogen-bond acceptors (Lipinski definition) is 2. The summed E-state index contributed by atoms with van der Waals surface area (Å²) in [4.78, 5) is 7.33. The van der Waals surface area contributed by atoms with Crippen molar-refractivity contribution in [2.45, 2.75) is 13.0 Å². The molecule has 0 saturated carbocycles. The highest BCUT2D eigenvalue weighted by atomic mass is 35.5. The van der Waals surface area contributed by atoms with Crippen LogP contribution in [0.25, 0.3) is 11.3 Å². The fraction of sp³-hybridized carbons (Fsp3) is 0.182. The van der Waals surface area contributed by atoms with Crippen LogP contribution in [-0.4, -0.2) is 9.97 Å². The molecule has 1 aromatic heterocycles. The summed E-state index contributed by atoms with van der Waals surface area (Å²) in [5, 5.41) is 1.06. The van der Waals surface area contributed by atoms with Crippen molar-refractivity contribution in [3.8, 4) is 11.3 Å². The van der Waals surface area contributed by atoms with Gasteiger partial charge in [-0.1, -0.05) is 29.3 Å². The molecular formula is C11H11Cl2N3. The van der Waals surface area contributed by atoms with Crippen LogP contribution >= 0.6 is 23.2 Å². The third kappa shape index (κ3) is 2.21. The fourth-order valence-electron chi connectivity index (χ4n) is 1.38. The Balaban J connectivity index is 2.39. The predicted molar refractivity (Wildman–Crippen MR) is 66.6 cm³/mol. The maximum atomic E-state index is 5.94. The van der Waals surface area contributed by atoms with Gasteiger partial charge in [-0.05, 0) is 19.1 Å². The van der Waals surface area contributed by atoms with Crippen molar-refractivity contribution >= 4 is 23.2 Å². The zero-order valence-corrected chi connectivity index (χ0v) is 10.2. The SMILES string of the molecule is C[C@H](N)c1ncc(-c2ccc(Cl)c(Cl)c2)[nH]1. The lowest BCUT2D eigenvalue weighted by atomic mass is 10.2. The van der Waals surface area contributed by atoms with Crippen molar-refractivity contribution in [1.82, 2.24) is 9.97 Å². The van der Waals surface area contributed by atoms with Gasteiger partial charge in [0, 0.05) is 5.56 Å².